The van der Waals surface area contributed by atoms with Crippen LogP contribution in [0.1, 0.15) is 125 Å². The monoisotopic (exact) mass is 667 g/mol. The summed E-state index contributed by atoms with van der Waals surface area (Å²) in [7, 11) is 0. The molecule has 0 aromatic carbocycles. The molecule has 0 rings (SSSR count). The summed E-state index contributed by atoms with van der Waals surface area (Å²) in [4.78, 5) is 34.3. The molecule has 0 aromatic rings. The Hall–Kier alpha value is -1.36. The maximum atomic E-state index is 11.4. The van der Waals surface area contributed by atoms with Gasteiger partial charge in [-0.1, -0.05) is 125 Å². The molecule has 41 heavy (non-hydrogen) atoms. The zero-order chi connectivity index (χ0) is 32.6. The summed E-state index contributed by atoms with van der Waals surface area (Å²) in [5.74, 6) is -0.625. The molecule has 0 heterocycles. The van der Waals surface area contributed by atoms with Crippen molar-refractivity contribution in [1.29, 1.82) is 0 Å². The van der Waals surface area contributed by atoms with Crippen molar-refractivity contribution in [2.75, 3.05) is 0 Å². The van der Waals surface area contributed by atoms with Crippen LogP contribution in [-0.2, 0) is 47.9 Å². The third kappa shape index (κ3) is 23.8. The second-order valence-electron chi connectivity index (χ2n) is 16.1. The minimum Gasteiger partial charge on any atom is -0.875 e. The first-order chi connectivity index (χ1) is 16.6. The van der Waals surface area contributed by atoms with Crippen molar-refractivity contribution in [2.45, 2.75) is 125 Å². The van der Waals surface area contributed by atoms with Crippen LogP contribution in [0.25, 0.3) is 0 Å². The van der Waals surface area contributed by atoms with Gasteiger partial charge in [0.05, 0.1) is 0 Å². The number of carbonyl (C=O) groups excluding carboxylic acids is 3. The van der Waals surface area contributed by atoms with Crippen molar-refractivity contribution in [2.24, 2.45) is 32.5 Å². The topological polar surface area (TPSA) is 120 Å². The molecular formula is C33H57Co2O6+3. The summed E-state index contributed by atoms with van der Waals surface area (Å²) in [5.41, 5.74) is -2.74. The van der Waals surface area contributed by atoms with Crippen LogP contribution >= 0.6 is 0 Å². The van der Waals surface area contributed by atoms with Crippen LogP contribution in [0.4, 0.5) is 0 Å². The van der Waals surface area contributed by atoms with E-state index in [-0.39, 0.29) is 68.2 Å². The Morgan fingerprint density at radius 1 is 0.341 bits per heavy atom. The molecule has 0 N–H and O–H groups in total. The Balaban J connectivity index is -0.000000154. The van der Waals surface area contributed by atoms with Crippen LogP contribution < -0.4 is 15.3 Å². The molecule has 0 radical (unpaired) electrons. The SMILES string of the molecule is CC(C)(C)C(=O)/C=C(\[O-])C(C)(C)C.CC(C)(C)C(=O)/C=C(\[O-])C(C)(C)C.CC(C)(C)C(=O)/C=C(\[O-])C(C)(C)C.[Co+3].[Co+3]. The third-order valence-corrected chi connectivity index (χ3v) is 5.22. The van der Waals surface area contributed by atoms with E-state index in [0.29, 0.717) is 0 Å². The number of ketones is 3. The van der Waals surface area contributed by atoms with Gasteiger partial charge in [-0.3, -0.25) is 14.4 Å². The maximum absolute atomic E-state index is 11.4. The summed E-state index contributed by atoms with van der Waals surface area (Å²) in [6.45, 7) is 32.5. The minimum absolute atomic E-state index is 0. The normalized spacial score (nSPS) is 13.8. The second kappa shape index (κ2) is 17.7. The van der Waals surface area contributed by atoms with Gasteiger partial charge in [-0.05, 0) is 34.5 Å². The number of hydrogen-bond acceptors (Lipinski definition) is 6. The van der Waals surface area contributed by atoms with Gasteiger partial charge in [0.1, 0.15) is 0 Å². The average Bonchev–Trinajstić information content (AvgIpc) is 2.64. The summed E-state index contributed by atoms with van der Waals surface area (Å²) in [6, 6.07) is 0. The van der Waals surface area contributed by atoms with E-state index >= 15 is 0 Å². The molecule has 0 aliphatic rings. The van der Waals surface area contributed by atoms with Gasteiger partial charge < -0.3 is 15.3 Å². The van der Waals surface area contributed by atoms with Crippen molar-refractivity contribution >= 4 is 17.3 Å². The minimum atomic E-state index is -0.457. The summed E-state index contributed by atoms with van der Waals surface area (Å²) < 4.78 is 0. The van der Waals surface area contributed by atoms with Crippen LogP contribution in [-0.4, -0.2) is 17.3 Å². The van der Waals surface area contributed by atoms with Crippen molar-refractivity contribution < 1.29 is 63.3 Å². The van der Waals surface area contributed by atoms with E-state index in [1.54, 1.807) is 0 Å². The van der Waals surface area contributed by atoms with Gasteiger partial charge in [0.25, 0.3) is 0 Å². The number of allylic oxidation sites excluding steroid dienone is 6. The molecule has 0 saturated carbocycles. The Kier molecular flexibility index (Phi) is 21.3. The Morgan fingerprint density at radius 2 is 0.463 bits per heavy atom. The van der Waals surface area contributed by atoms with Gasteiger partial charge in [0.15, 0.2) is 17.3 Å². The van der Waals surface area contributed by atoms with Gasteiger partial charge in [-0.25, -0.2) is 0 Å². The number of hydrogen-bond donors (Lipinski definition) is 0. The molecule has 240 valence electrons. The molecule has 0 aromatic heterocycles. The maximum Gasteiger partial charge on any atom is 3.00 e. The van der Waals surface area contributed by atoms with Crippen LogP contribution in [0.3, 0.4) is 0 Å². The molecule has 0 fully saturated rings. The standard InChI is InChI=1S/3C11H20O2.2Co/c3*1-10(2,3)8(12)7-9(13)11(4,5)6;;/h3*7,12H,1-6H3;;/q;;;2*+3/p-3/b3*8-7-;;. The Morgan fingerprint density at radius 3 is 0.537 bits per heavy atom. The van der Waals surface area contributed by atoms with E-state index in [9.17, 15) is 29.7 Å². The predicted octanol–water partition coefficient (Wildman–Crippen LogP) is 5.67. The van der Waals surface area contributed by atoms with Crippen LogP contribution in [0.15, 0.2) is 35.5 Å². The fourth-order valence-electron chi connectivity index (χ4n) is 1.66. The van der Waals surface area contributed by atoms with Gasteiger partial charge in [0, 0.05) is 16.2 Å². The van der Waals surface area contributed by atoms with Crippen molar-refractivity contribution in [3.8, 4) is 0 Å². The summed E-state index contributed by atoms with van der Waals surface area (Å²) in [6.07, 6.45) is 3.67. The molecule has 6 nitrogen and oxygen atoms in total. The third-order valence-electron chi connectivity index (χ3n) is 5.22. The molecule has 0 aliphatic carbocycles. The van der Waals surface area contributed by atoms with Gasteiger partial charge in [-0.2, -0.15) is 0 Å². The zero-order valence-electron chi connectivity index (χ0n) is 28.8. The number of rotatable bonds is 3. The summed E-state index contributed by atoms with van der Waals surface area (Å²) >= 11 is 0. The molecule has 0 spiro atoms. The van der Waals surface area contributed by atoms with E-state index in [0.717, 1.165) is 0 Å². The van der Waals surface area contributed by atoms with E-state index in [1.165, 1.54) is 18.2 Å². The van der Waals surface area contributed by atoms with Crippen molar-refractivity contribution in [3.63, 3.8) is 0 Å². The molecule has 0 aliphatic heterocycles. The first-order valence-corrected chi connectivity index (χ1v) is 13.5. The van der Waals surface area contributed by atoms with E-state index in [1.807, 2.05) is 125 Å². The first kappa shape index (κ1) is 49.3. The smallest absolute Gasteiger partial charge is 0.875 e. The molecule has 8 heteroatoms. The molecule has 0 atom stereocenters. The quantitative estimate of drug-likeness (QED) is 0.283. The van der Waals surface area contributed by atoms with Crippen molar-refractivity contribution in [1.82, 2.24) is 0 Å². The van der Waals surface area contributed by atoms with Gasteiger partial charge >= 0.3 is 33.6 Å². The molecule has 0 bridgehead atoms. The first-order valence-electron chi connectivity index (χ1n) is 13.5. The molecular weight excluding hydrogens is 610 g/mol. The molecule has 0 saturated heterocycles. The predicted molar refractivity (Wildman–Crippen MR) is 156 cm³/mol. The van der Waals surface area contributed by atoms with Crippen molar-refractivity contribution in [3.05, 3.63) is 35.5 Å². The Bertz CT molecular complexity index is 806. The summed E-state index contributed by atoms with van der Waals surface area (Å²) in [5, 5.41) is 34.3. The molecule has 0 unspecified atom stereocenters. The van der Waals surface area contributed by atoms with Crippen LogP contribution in [0, 0.1) is 32.5 Å². The number of carbonyl (C=O) groups is 3. The zero-order valence-corrected chi connectivity index (χ0v) is 30.9. The second-order valence-corrected chi connectivity index (χ2v) is 16.1. The molecule has 0 amide bonds. The van der Waals surface area contributed by atoms with E-state index in [2.05, 4.69) is 0 Å². The van der Waals surface area contributed by atoms with E-state index < -0.39 is 32.5 Å². The fourth-order valence-corrected chi connectivity index (χ4v) is 1.66. The van der Waals surface area contributed by atoms with E-state index in [4.69, 9.17) is 0 Å². The average molecular weight is 668 g/mol. The largest absolute Gasteiger partial charge is 3.00 e. The van der Waals surface area contributed by atoms with Gasteiger partial charge in [-0.15, -0.1) is 17.3 Å². The Labute approximate surface area is 272 Å². The van der Waals surface area contributed by atoms with Crippen LogP contribution in [0.2, 0.25) is 0 Å². The van der Waals surface area contributed by atoms with Crippen LogP contribution in [0.5, 0.6) is 0 Å². The fraction of sp³-hybridized carbons (Fsp3) is 0.727. The van der Waals surface area contributed by atoms with Gasteiger partial charge in [0.2, 0.25) is 0 Å².